The maximum atomic E-state index is 7.16. The average Bonchev–Trinajstić information content (AvgIpc) is 3.82. The predicted molar refractivity (Wildman–Crippen MR) is 237 cm³/mol. The first-order chi connectivity index (χ1) is 28.3. The Bertz CT molecular complexity index is 3030. The van der Waals surface area contributed by atoms with Crippen molar-refractivity contribution in [2.75, 3.05) is 4.90 Å². The van der Waals surface area contributed by atoms with Gasteiger partial charge in [-0.15, -0.1) is 0 Å². The Hall–Kier alpha value is -7.42. The number of para-hydroxylation sites is 2. The van der Waals surface area contributed by atoms with E-state index in [1.54, 1.807) is 0 Å². The molecule has 0 amide bonds. The van der Waals surface area contributed by atoms with Crippen LogP contribution in [0.1, 0.15) is 22.3 Å². The third-order valence-electron chi connectivity index (χ3n) is 11.7. The van der Waals surface area contributed by atoms with Crippen LogP contribution in [0.3, 0.4) is 0 Å². The molecule has 0 saturated carbocycles. The van der Waals surface area contributed by atoms with Gasteiger partial charge in [0.1, 0.15) is 11.2 Å². The molecule has 1 aliphatic carbocycles. The minimum atomic E-state index is -0.580. The van der Waals surface area contributed by atoms with Crippen molar-refractivity contribution in [3.63, 3.8) is 0 Å². The van der Waals surface area contributed by atoms with Crippen molar-refractivity contribution in [3.8, 4) is 33.4 Å². The Kier molecular flexibility index (Phi) is 7.75. The minimum Gasteiger partial charge on any atom is -0.456 e. The van der Waals surface area contributed by atoms with E-state index in [2.05, 4.69) is 229 Å². The van der Waals surface area contributed by atoms with E-state index >= 15 is 0 Å². The molecule has 0 atom stereocenters. The molecule has 2 heteroatoms. The van der Waals surface area contributed by atoms with E-state index in [0.717, 1.165) is 50.1 Å². The van der Waals surface area contributed by atoms with E-state index in [9.17, 15) is 0 Å². The van der Waals surface area contributed by atoms with Gasteiger partial charge in [0.15, 0.2) is 0 Å². The summed E-state index contributed by atoms with van der Waals surface area (Å²) in [6.07, 6.45) is 0. The van der Waals surface area contributed by atoms with Gasteiger partial charge in [-0.05, 0) is 92.5 Å². The molecule has 0 radical (unpaired) electrons. The summed E-state index contributed by atoms with van der Waals surface area (Å²) in [6, 6.07) is 80.9. The molecule has 9 aromatic carbocycles. The van der Waals surface area contributed by atoms with E-state index < -0.39 is 5.41 Å². The van der Waals surface area contributed by atoms with Crippen LogP contribution in [0.15, 0.2) is 229 Å². The molecule has 0 N–H and O–H groups in total. The zero-order valence-electron chi connectivity index (χ0n) is 31.2. The summed E-state index contributed by atoms with van der Waals surface area (Å²) in [5, 5.41) is 2.17. The lowest BCUT2D eigenvalue weighted by Crippen LogP contribution is -2.28. The molecule has 268 valence electrons. The number of furan rings is 1. The number of hydrogen-bond acceptors (Lipinski definition) is 2. The molecular formula is C55H37NO. The smallest absolute Gasteiger partial charge is 0.140 e. The first kappa shape index (κ1) is 33.0. The summed E-state index contributed by atoms with van der Waals surface area (Å²) in [5.74, 6) is 0. The molecule has 0 aliphatic heterocycles. The summed E-state index contributed by atoms with van der Waals surface area (Å²) < 4.78 is 7.16. The van der Waals surface area contributed by atoms with Crippen LogP contribution in [0.2, 0.25) is 0 Å². The van der Waals surface area contributed by atoms with Crippen LogP contribution in [0.5, 0.6) is 0 Å². The van der Waals surface area contributed by atoms with E-state index in [1.807, 2.05) is 0 Å². The molecule has 11 rings (SSSR count). The molecule has 0 unspecified atom stereocenters. The van der Waals surface area contributed by atoms with E-state index in [4.69, 9.17) is 4.42 Å². The number of fused-ring (bicyclic) bond motifs is 6. The van der Waals surface area contributed by atoms with Crippen molar-refractivity contribution < 1.29 is 4.42 Å². The molecule has 0 fully saturated rings. The first-order valence-electron chi connectivity index (χ1n) is 19.6. The Morgan fingerprint density at radius 2 is 0.877 bits per heavy atom. The van der Waals surface area contributed by atoms with E-state index in [1.165, 1.54) is 44.5 Å². The summed E-state index contributed by atoms with van der Waals surface area (Å²) in [5.41, 5.74) is 16.5. The molecular weight excluding hydrogens is 691 g/mol. The van der Waals surface area contributed by atoms with E-state index in [0.29, 0.717) is 0 Å². The summed E-state index contributed by atoms with van der Waals surface area (Å²) in [6.45, 7) is 0. The second-order valence-corrected chi connectivity index (χ2v) is 14.8. The molecule has 1 aromatic heterocycles. The highest BCUT2D eigenvalue weighted by Gasteiger charge is 2.47. The van der Waals surface area contributed by atoms with Gasteiger partial charge in [-0.25, -0.2) is 0 Å². The number of hydrogen-bond donors (Lipinski definition) is 0. The molecule has 57 heavy (non-hydrogen) atoms. The molecule has 2 nitrogen and oxygen atoms in total. The standard InChI is InChI=1S/C55H37NO/c1-4-18-38(19-5-1)39-20-14-21-40(36-39)41-22-15-27-44(37-41)56(43-25-8-3-9-26-43)51-34-17-35-52-53(51)47-30-16-33-50(54(47)57-52)55(42-23-6-2-7-24-42)48-31-12-10-28-45(48)46-29-11-13-32-49(46)55/h1-37H. The number of benzene rings is 9. The summed E-state index contributed by atoms with van der Waals surface area (Å²) in [4.78, 5) is 2.38. The molecule has 0 saturated heterocycles. The molecule has 1 aliphatic rings. The third-order valence-corrected chi connectivity index (χ3v) is 11.7. The lowest BCUT2D eigenvalue weighted by atomic mass is 9.67. The highest BCUT2D eigenvalue weighted by molar-refractivity contribution is 6.14. The maximum absolute atomic E-state index is 7.16. The molecule has 0 bridgehead atoms. The van der Waals surface area contributed by atoms with Gasteiger partial charge in [0.05, 0.1) is 16.5 Å². The minimum absolute atomic E-state index is 0.580. The molecule has 10 aromatic rings. The predicted octanol–water partition coefficient (Wildman–Crippen LogP) is 14.8. The van der Waals surface area contributed by atoms with Gasteiger partial charge in [0, 0.05) is 22.3 Å². The summed E-state index contributed by atoms with van der Waals surface area (Å²) in [7, 11) is 0. The van der Waals surface area contributed by atoms with Gasteiger partial charge >= 0.3 is 0 Å². The Labute approximate surface area is 332 Å². The van der Waals surface area contributed by atoms with Crippen molar-refractivity contribution in [1.82, 2.24) is 0 Å². The maximum Gasteiger partial charge on any atom is 0.140 e. The van der Waals surface area contributed by atoms with Crippen LogP contribution in [0, 0.1) is 0 Å². The second-order valence-electron chi connectivity index (χ2n) is 14.8. The number of rotatable bonds is 7. The first-order valence-corrected chi connectivity index (χ1v) is 19.6. The van der Waals surface area contributed by atoms with Crippen LogP contribution in [-0.4, -0.2) is 0 Å². The van der Waals surface area contributed by atoms with Crippen LogP contribution in [0.4, 0.5) is 17.1 Å². The Morgan fingerprint density at radius 1 is 0.368 bits per heavy atom. The highest BCUT2D eigenvalue weighted by atomic mass is 16.3. The summed E-state index contributed by atoms with van der Waals surface area (Å²) >= 11 is 0. The van der Waals surface area contributed by atoms with Crippen LogP contribution in [0.25, 0.3) is 55.3 Å². The normalized spacial score (nSPS) is 12.7. The Morgan fingerprint density at radius 3 is 1.60 bits per heavy atom. The van der Waals surface area contributed by atoms with Gasteiger partial charge in [0.25, 0.3) is 0 Å². The van der Waals surface area contributed by atoms with Gasteiger partial charge in [-0.1, -0.05) is 182 Å². The van der Waals surface area contributed by atoms with Crippen molar-refractivity contribution in [1.29, 1.82) is 0 Å². The topological polar surface area (TPSA) is 16.4 Å². The van der Waals surface area contributed by atoms with Crippen molar-refractivity contribution >= 4 is 39.0 Å². The largest absolute Gasteiger partial charge is 0.456 e. The van der Waals surface area contributed by atoms with Gasteiger partial charge in [0.2, 0.25) is 0 Å². The lowest BCUT2D eigenvalue weighted by Gasteiger charge is -2.33. The number of nitrogens with zero attached hydrogens (tertiary/aromatic N) is 1. The second kappa shape index (κ2) is 13.4. The fraction of sp³-hybridized carbons (Fsp3) is 0.0182. The van der Waals surface area contributed by atoms with Crippen LogP contribution < -0.4 is 4.90 Å². The zero-order valence-corrected chi connectivity index (χ0v) is 31.2. The van der Waals surface area contributed by atoms with Crippen molar-refractivity contribution in [3.05, 3.63) is 247 Å². The molecule has 0 spiro atoms. The highest BCUT2D eigenvalue weighted by Crippen LogP contribution is 2.58. The third kappa shape index (κ3) is 5.18. The van der Waals surface area contributed by atoms with Crippen LogP contribution >= 0.6 is 0 Å². The van der Waals surface area contributed by atoms with Gasteiger partial charge < -0.3 is 9.32 Å². The van der Waals surface area contributed by atoms with Crippen molar-refractivity contribution in [2.45, 2.75) is 5.41 Å². The van der Waals surface area contributed by atoms with E-state index in [-0.39, 0.29) is 0 Å². The van der Waals surface area contributed by atoms with Crippen molar-refractivity contribution in [2.24, 2.45) is 0 Å². The average molecular weight is 728 g/mol. The SMILES string of the molecule is c1ccc(-c2cccc(-c3cccc(N(c4ccccc4)c4cccc5oc6c(C7(c8ccccc8)c8ccccc8-c8ccccc87)cccc6c45)c3)c2)cc1. The van der Waals surface area contributed by atoms with Gasteiger partial charge in [-0.2, -0.15) is 0 Å². The monoisotopic (exact) mass is 727 g/mol. The zero-order chi connectivity index (χ0) is 37.8. The quantitative estimate of drug-likeness (QED) is 0.163. The fourth-order valence-corrected chi connectivity index (χ4v) is 9.33. The molecule has 1 heterocycles. The number of anilines is 3. The Balaban J connectivity index is 1.14. The lowest BCUT2D eigenvalue weighted by molar-refractivity contribution is 0.648. The fourth-order valence-electron chi connectivity index (χ4n) is 9.33. The van der Waals surface area contributed by atoms with Crippen LogP contribution in [-0.2, 0) is 5.41 Å². The van der Waals surface area contributed by atoms with Gasteiger partial charge in [-0.3, -0.25) is 0 Å².